The Balaban J connectivity index is 1.47. The van der Waals surface area contributed by atoms with Crippen molar-refractivity contribution < 1.29 is 9.59 Å². The number of likely N-dealkylation sites (tertiary alicyclic amines) is 1. The van der Waals surface area contributed by atoms with E-state index in [0.717, 1.165) is 29.7 Å². The highest BCUT2D eigenvalue weighted by atomic mass is 16.2. The topological polar surface area (TPSA) is 63.2 Å². The summed E-state index contributed by atoms with van der Waals surface area (Å²) in [5.41, 5.74) is 4.08. The normalized spacial score (nSPS) is 16.3. The molecule has 1 saturated heterocycles. The summed E-state index contributed by atoms with van der Waals surface area (Å²) < 4.78 is 0. The van der Waals surface area contributed by atoms with Crippen molar-refractivity contribution in [1.82, 2.24) is 14.9 Å². The van der Waals surface area contributed by atoms with Gasteiger partial charge in [0.1, 0.15) is 11.5 Å². The molecule has 2 heterocycles. The second-order valence-corrected chi connectivity index (χ2v) is 7.84. The van der Waals surface area contributed by atoms with E-state index in [0.29, 0.717) is 30.2 Å². The molecular weight excluding hydrogens is 374 g/mol. The van der Waals surface area contributed by atoms with Crippen LogP contribution in [-0.2, 0) is 0 Å². The number of piperidine rings is 1. The average Bonchev–Trinajstić information content (AvgIpc) is 2.78. The molecule has 5 heteroatoms. The Morgan fingerprint density at radius 3 is 2.33 bits per heavy atom. The second-order valence-electron chi connectivity index (χ2n) is 7.84. The van der Waals surface area contributed by atoms with Crippen molar-refractivity contribution in [1.29, 1.82) is 0 Å². The van der Waals surface area contributed by atoms with Gasteiger partial charge in [-0.1, -0.05) is 54.6 Å². The summed E-state index contributed by atoms with van der Waals surface area (Å²) in [5, 5.41) is 0. The third-order valence-corrected chi connectivity index (χ3v) is 5.54. The number of aryl methyl sites for hydroxylation is 2. The molecule has 1 aromatic heterocycles. The van der Waals surface area contributed by atoms with E-state index < -0.39 is 0 Å². The maximum atomic E-state index is 13.1. The van der Waals surface area contributed by atoms with Gasteiger partial charge in [-0.2, -0.15) is 0 Å². The Hall–Kier alpha value is -3.34. The van der Waals surface area contributed by atoms with Crippen LogP contribution in [0.1, 0.15) is 45.2 Å². The SMILES string of the molecule is Cc1cc(C(=O)N2CCC[C@@H](C(=O)c3ccc(-c4ccccc4)cc3)C2)nc(C)n1. The third-order valence-electron chi connectivity index (χ3n) is 5.54. The summed E-state index contributed by atoms with van der Waals surface area (Å²) in [6.45, 7) is 4.72. The molecule has 0 saturated carbocycles. The third kappa shape index (κ3) is 4.30. The van der Waals surface area contributed by atoms with E-state index in [2.05, 4.69) is 22.1 Å². The molecular formula is C25H25N3O2. The molecule has 1 amide bonds. The van der Waals surface area contributed by atoms with Gasteiger partial charge in [0.25, 0.3) is 5.91 Å². The minimum atomic E-state index is -0.186. The number of Topliss-reactive ketones (excluding diaryl/α,β-unsaturated/α-hetero) is 1. The summed E-state index contributed by atoms with van der Waals surface area (Å²) in [6.07, 6.45) is 1.61. The van der Waals surface area contributed by atoms with Crippen LogP contribution in [-0.4, -0.2) is 39.6 Å². The van der Waals surface area contributed by atoms with Crippen LogP contribution < -0.4 is 0 Å². The van der Waals surface area contributed by atoms with Gasteiger partial charge >= 0.3 is 0 Å². The van der Waals surface area contributed by atoms with Crippen LogP contribution in [0.5, 0.6) is 0 Å². The van der Waals surface area contributed by atoms with Crippen molar-refractivity contribution in [2.45, 2.75) is 26.7 Å². The quantitative estimate of drug-likeness (QED) is 0.606. The second kappa shape index (κ2) is 8.57. The number of nitrogens with zero attached hydrogens (tertiary/aromatic N) is 3. The van der Waals surface area contributed by atoms with E-state index in [1.807, 2.05) is 49.4 Å². The van der Waals surface area contributed by atoms with E-state index in [9.17, 15) is 9.59 Å². The summed E-state index contributed by atoms with van der Waals surface area (Å²) in [5.74, 6) is 0.374. The van der Waals surface area contributed by atoms with Gasteiger partial charge in [-0.25, -0.2) is 9.97 Å². The molecule has 0 spiro atoms. The van der Waals surface area contributed by atoms with Gasteiger partial charge in [0.2, 0.25) is 0 Å². The molecule has 5 nitrogen and oxygen atoms in total. The van der Waals surface area contributed by atoms with Crippen LogP contribution in [0.2, 0.25) is 0 Å². The zero-order valence-electron chi connectivity index (χ0n) is 17.3. The standard InChI is InChI=1S/C25H25N3O2/c1-17-15-23(27-18(2)26-17)25(30)28-14-6-9-22(16-28)24(29)21-12-10-20(11-13-21)19-7-4-3-5-8-19/h3-5,7-8,10-13,15,22H,6,9,14,16H2,1-2H3/t22-/m1/s1. The van der Waals surface area contributed by atoms with Crippen LogP contribution in [0.15, 0.2) is 60.7 Å². The first kappa shape index (κ1) is 20.0. The Labute approximate surface area is 176 Å². The van der Waals surface area contributed by atoms with E-state index >= 15 is 0 Å². The lowest BCUT2D eigenvalue weighted by atomic mass is 9.89. The lowest BCUT2D eigenvalue weighted by Crippen LogP contribution is -2.42. The Kier molecular flexibility index (Phi) is 5.70. The molecule has 3 aromatic rings. The van der Waals surface area contributed by atoms with Crippen LogP contribution >= 0.6 is 0 Å². The molecule has 1 atom stereocenters. The van der Waals surface area contributed by atoms with Crippen molar-refractivity contribution in [2.75, 3.05) is 13.1 Å². The highest BCUT2D eigenvalue weighted by Gasteiger charge is 2.30. The molecule has 0 bridgehead atoms. The van der Waals surface area contributed by atoms with Gasteiger partial charge in [-0.3, -0.25) is 9.59 Å². The van der Waals surface area contributed by atoms with Crippen molar-refractivity contribution in [3.63, 3.8) is 0 Å². The first-order valence-electron chi connectivity index (χ1n) is 10.3. The van der Waals surface area contributed by atoms with Gasteiger partial charge in [0, 0.05) is 30.3 Å². The van der Waals surface area contributed by atoms with E-state index in [-0.39, 0.29) is 17.6 Å². The minimum Gasteiger partial charge on any atom is -0.337 e. The molecule has 4 rings (SSSR count). The van der Waals surface area contributed by atoms with Crippen LogP contribution in [0.4, 0.5) is 0 Å². The van der Waals surface area contributed by atoms with Gasteiger partial charge in [-0.15, -0.1) is 0 Å². The number of hydrogen-bond donors (Lipinski definition) is 0. The molecule has 1 aliphatic rings. The number of carbonyl (C=O) groups excluding carboxylic acids is 2. The Morgan fingerprint density at radius 2 is 1.63 bits per heavy atom. The lowest BCUT2D eigenvalue weighted by Gasteiger charge is -2.32. The molecule has 0 radical (unpaired) electrons. The number of amides is 1. The number of benzene rings is 2. The minimum absolute atomic E-state index is 0.0992. The first-order chi connectivity index (χ1) is 14.5. The van der Waals surface area contributed by atoms with Crippen molar-refractivity contribution in [3.05, 3.63) is 83.4 Å². The molecule has 0 unspecified atom stereocenters. The van der Waals surface area contributed by atoms with Crippen LogP contribution in [0.3, 0.4) is 0 Å². The highest BCUT2D eigenvalue weighted by Crippen LogP contribution is 2.24. The van der Waals surface area contributed by atoms with Crippen LogP contribution in [0, 0.1) is 19.8 Å². The maximum absolute atomic E-state index is 13.1. The van der Waals surface area contributed by atoms with Gasteiger partial charge < -0.3 is 4.90 Å². The molecule has 1 fully saturated rings. The molecule has 152 valence electrons. The lowest BCUT2D eigenvalue weighted by molar-refractivity contribution is 0.0631. The highest BCUT2D eigenvalue weighted by molar-refractivity contribution is 5.99. The molecule has 0 aliphatic carbocycles. The predicted octanol–water partition coefficient (Wildman–Crippen LogP) is 4.50. The zero-order chi connectivity index (χ0) is 21.1. The van der Waals surface area contributed by atoms with Gasteiger partial charge in [0.15, 0.2) is 5.78 Å². The van der Waals surface area contributed by atoms with Crippen molar-refractivity contribution in [3.8, 4) is 11.1 Å². The molecule has 30 heavy (non-hydrogen) atoms. The summed E-state index contributed by atoms with van der Waals surface area (Å²) in [7, 11) is 0. The molecule has 1 aliphatic heterocycles. The fourth-order valence-corrected chi connectivity index (χ4v) is 4.06. The van der Waals surface area contributed by atoms with E-state index in [4.69, 9.17) is 0 Å². The Morgan fingerprint density at radius 1 is 0.933 bits per heavy atom. The number of aromatic nitrogens is 2. The number of carbonyl (C=O) groups is 2. The molecule has 2 aromatic carbocycles. The summed E-state index contributed by atoms with van der Waals surface area (Å²) >= 11 is 0. The summed E-state index contributed by atoms with van der Waals surface area (Å²) in [4.78, 5) is 36.3. The fourth-order valence-electron chi connectivity index (χ4n) is 4.06. The zero-order valence-corrected chi connectivity index (χ0v) is 17.3. The van der Waals surface area contributed by atoms with Crippen molar-refractivity contribution >= 4 is 11.7 Å². The van der Waals surface area contributed by atoms with E-state index in [1.165, 1.54) is 0 Å². The fraction of sp³-hybridized carbons (Fsp3) is 0.280. The summed E-state index contributed by atoms with van der Waals surface area (Å²) in [6, 6.07) is 19.6. The monoisotopic (exact) mass is 399 g/mol. The number of ketones is 1. The first-order valence-corrected chi connectivity index (χ1v) is 10.3. The van der Waals surface area contributed by atoms with Crippen molar-refractivity contribution in [2.24, 2.45) is 5.92 Å². The number of hydrogen-bond acceptors (Lipinski definition) is 4. The molecule has 0 N–H and O–H groups in total. The maximum Gasteiger partial charge on any atom is 0.272 e. The number of rotatable bonds is 4. The Bertz CT molecular complexity index is 1040. The van der Waals surface area contributed by atoms with E-state index in [1.54, 1.807) is 17.9 Å². The van der Waals surface area contributed by atoms with Gasteiger partial charge in [-0.05, 0) is 43.9 Å². The largest absolute Gasteiger partial charge is 0.337 e. The average molecular weight is 399 g/mol. The van der Waals surface area contributed by atoms with Crippen LogP contribution in [0.25, 0.3) is 11.1 Å². The predicted molar refractivity (Wildman–Crippen MR) is 116 cm³/mol. The van der Waals surface area contributed by atoms with Gasteiger partial charge in [0.05, 0.1) is 0 Å². The smallest absolute Gasteiger partial charge is 0.272 e.